The number of nitrogens with two attached hydrogens (primary N) is 1. The molecule has 1 aromatic carbocycles. The summed E-state index contributed by atoms with van der Waals surface area (Å²) < 4.78 is 10.3. The number of carbonyl (C=O) groups is 1. The fourth-order valence-electron chi connectivity index (χ4n) is 5.22. The summed E-state index contributed by atoms with van der Waals surface area (Å²) >= 11 is 1.79. The van der Waals surface area contributed by atoms with Gasteiger partial charge in [0, 0.05) is 36.8 Å². The maximum Gasteiger partial charge on any atom is 0.254 e. The predicted molar refractivity (Wildman–Crippen MR) is 136 cm³/mol. The van der Waals surface area contributed by atoms with Crippen molar-refractivity contribution in [1.82, 2.24) is 19.0 Å². The number of ether oxygens (including phenoxy) is 1. The Kier molecular flexibility index (Phi) is 5.13. The van der Waals surface area contributed by atoms with Gasteiger partial charge in [-0.3, -0.25) is 4.79 Å². The molecule has 0 bridgehead atoms. The summed E-state index contributed by atoms with van der Waals surface area (Å²) in [5, 5.41) is 3.41. The first-order chi connectivity index (χ1) is 16.5. The van der Waals surface area contributed by atoms with E-state index in [1.807, 2.05) is 25.3 Å². The van der Waals surface area contributed by atoms with Gasteiger partial charge in [-0.25, -0.2) is 4.98 Å². The molecule has 1 saturated carbocycles. The fourth-order valence-corrected chi connectivity index (χ4v) is 6.13. The zero-order valence-electron chi connectivity index (χ0n) is 19.6. The molecular formula is C26H29N5O2S. The lowest BCUT2D eigenvalue weighted by Crippen LogP contribution is -2.37. The molecule has 0 saturated heterocycles. The first-order valence-corrected chi connectivity index (χ1v) is 12.8. The topological polar surface area (TPSA) is 78.3 Å². The van der Waals surface area contributed by atoms with Crippen LogP contribution in [-0.2, 0) is 13.6 Å². The number of rotatable bonds is 5. The van der Waals surface area contributed by atoms with Crippen LogP contribution in [0.25, 0.3) is 32.8 Å². The number of aromatic nitrogens is 3. The van der Waals surface area contributed by atoms with E-state index in [0.717, 1.165) is 47.1 Å². The third kappa shape index (κ3) is 3.39. The number of methoxy groups -OCH3 is 1. The van der Waals surface area contributed by atoms with Crippen molar-refractivity contribution in [3.8, 4) is 17.3 Å². The zero-order chi connectivity index (χ0) is 23.4. The van der Waals surface area contributed by atoms with Gasteiger partial charge in [-0.1, -0.05) is 12.5 Å². The Bertz CT molecular complexity index is 1440. The number of aryl methyl sites for hydroxylation is 1. The molecule has 8 heteroatoms. The normalized spacial score (nSPS) is 16.8. The van der Waals surface area contributed by atoms with Gasteiger partial charge in [-0.2, -0.15) is 0 Å². The number of benzene rings is 1. The molecule has 6 rings (SSSR count). The Balaban J connectivity index is 1.46. The molecule has 0 atom stereocenters. The van der Waals surface area contributed by atoms with E-state index in [-0.39, 0.29) is 5.91 Å². The molecule has 34 heavy (non-hydrogen) atoms. The standard InChI is InChI=1S/C26H29N5O2S/c1-29-23-20(11-18(13-22(23)33-2)25(32)30-9-4-7-19(27)15-30)28-24(29)21-12-17-8-10-34-26(17)31(21)14-16-5-3-6-16/h7-8,10-13,16H,3-6,9,14-15,27H2,1-2H3. The summed E-state index contributed by atoms with van der Waals surface area (Å²) in [5.41, 5.74) is 10.1. The average molecular weight is 476 g/mol. The van der Waals surface area contributed by atoms with Crippen LogP contribution >= 0.6 is 11.3 Å². The molecule has 1 aliphatic heterocycles. The van der Waals surface area contributed by atoms with Crippen LogP contribution in [0.5, 0.6) is 5.75 Å². The van der Waals surface area contributed by atoms with E-state index in [0.29, 0.717) is 24.4 Å². The smallest absolute Gasteiger partial charge is 0.254 e. The van der Waals surface area contributed by atoms with Gasteiger partial charge in [0.1, 0.15) is 16.1 Å². The van der Waals surface area contributed by atoms with Crippen molar-refractivity contribution in [2.45, 2.75) is 32.2 Å². The Morgan fingerprint density at radius 3 is 2.88 bits per heavy atom. The first-order valence-electron chi connectivity index (χ1n) is 11.9. The highest BCUT2D eigenvalue weighted by molar-refractivity contribution is 7.16. The van der Waals surface area contributed by atoms with E-state index < -0.39 is 0 Å². The Morgan fingerprint density at radius 1 is 1.29 bits per heavy atom. The molecule has 0 unspecified atom stereocenters. The van der Waals surface area contributed by atoms with Crippen LogP contribution in [0.2, 0.25) is 0 Å². The molecule has 1 amide bonds. The number of hydrogen-bond donors (Lipinski definition) is 1. The molecular weight excluding hydrogens is 446 g/mol. The average Bonchev–Trinajstić information content (AvgIpc) is 3.48. The predicted octanol–water partition coefficient (Wildman–Crippen LogP) is 4.75. The highest BCUT2D eigenvalue weighted by Crippen LogP contribution is 2.38. The van der Waals surface area contributed by atoms with Crippen molar-refractivity contribution in [3.63, 3.8) is 0 Å². The second kappa shape index (κ2) is 8.20. The Morgan fingerprint density at radius 2 is 2.15 bits per heavy atom. The van der Waals surface area contributed by atoms with Crippen molar-refractivity contribution in [2.24, 2.45) is 18.7 Å². The monoisotopic (exact) mass is 475 g/mol. The first kappa shape index (κ1) is 21.3. The number of carbonyl (C=O) groups excluding carboxylic acids is 1. The summed E-state index contributed by atoms with van der Waals surface area (Å²) in [7, 11) is 3.67. The highest BCUT2D eigenvalue weighted by atomic mass is 32.1. The van der Waals surface area contributed by atoms with Crippen LogP contribution in [0, 0.1) is 5.92 Å². The highest BCUT2D eigenvalue weighted by Gasteiger charge is 2.26. The Hall–Kier alpha value is -3.26. The molecule has 4 heterocycles. The third-order valence-corrected chi connectivity index (χ3v) is 8.22. The third-order valence-electron chi connectivity index (χ3n) is 7.26. The zero-order valence-corrected chi connectivity index (χ0v) is 20.4. The van der Waals surface area contributed by atoms with Crippen molar-refractivity contribution in [3.05, 3.63) is 47.0 Å². The lowest BCUT2D eigenvalue weighted by Gasteiger charge is -2.26. The molecule has 176 valence electrons. The van der Waals surface area contributed by atoms with Gasteiger partial charge in [0.05, 0.1) is 24.9 Å². The van der Waals surface area contributed by atoms with Gasteiger partial charge in [0.2, 0.25) is 0 Å². The molecule has 1 aliphatic carbocycles. The van der Waals surface area contributed by atoms with Gasteiger partial charge in [0.25, 0.3) is 5.91 Å². The molecule has 0 radical (unpaired) electrons. The fraction of sp³-hybridized carbons (Fsp3) is 0.385. The minimum Gasteiger partial charge on any atom is -0.494 e. The lowest BCUT2D eigenvalue weighted by atomic mass is 9.85. The second-order valence-corrected chi connectivity index (χ2v) is 10.3. The molecule has 0 spiro atoms. The summed E-state index contributed by atoms with van der Waals surface area (Å²) in [6.07, 6.45) is 6.68. The number of thiophene rings is 1. The summed E-state index contributed by atoms with van der Waals surface area (Å²) in [5.74, 6) is 2.24. The summed E-state index contributed by atoms with van der Waals surface area (Å²) in [6, 6.07) is 8.14. The van der Waals surface area contributed by atoms with E-state index in [9.17, 15) is 4.79 Å². The largest absolute Gasteiger partial charge is 0.494 e. The molecule has 2 N–H and O–H groups in total. The van der Waals surface area contributed by atoms with Crippen LogP contribution in [-0.4, -0.2) is 45.1 Å². The SMILES string of the molecule is COc1cc(C(=O)N2CCC=C(N)C2)cc2nc(-c3cc4ccsc4n3CC3CCC3)n(C)c12. The van der Waals surface area contributed by atoms with Crippen molar-refractivity contribution in [1.29, 1.82) is 0 Å². The number of amides is 1. The van der Waals surface area contributed by atoms with E-state index in [4.69, 9.17) is 15.5 Å². The number of hydrogen-bond acceptors (Lipinski definition) is 5. The maximum absolute atomic E-state index is 13.3. The van der Waals surface area contributed by atoms with Crippen molar-refractivity contribution in [2.75, 3.05) is 20.2 Å². The minimum atomic E-state index is -0.0441. The van der Waals surface area contributed by atoms with E-state index in [1.165, 1.54) is 29.5 Å². The van der Waals surface area contributed by atoms with Gasteiger partial charge >= 0.3 is 0 Å². The van der Waals surface area contributed by atoms with Gasteiger partial charge in [-0.05, 0) is 54.8 Å². The molecule has 3 aromatic heterocycles. The Labute approximate surface area is 202 Å². The summed E-state index contributed by atoms with van der Waals surface area (Å²) in [6.45, 7) is 2.14. The quantitative estimate of drug-likeness (QED) is 0.452. The van der Waals surface area contributed by atoms with Crippen LogP contribution in [0.4, 0.5) is 0 Å². The molecule has 4 aromatic rings. The van der Waals surface area contributed by atoms with Crippen molar-refractivity contribution < 1.29 is 9.53 Å². The van der Waals surface area contributed by atoms with Gasteiger partial charge < -0.3 is 24.5 Å². The maximum atomic E-state index is 13.3. The van der Waals surface area contributed by atoms with Gasteiger partial charge in [0.15, 0.2) is 5.82 Å². The second-order valence-electron chi connectivity index (χ2n) is 9.45. The lowest BCUT2D eigenvalue weighted by molar-refractivity contribution is 0.0765. The van der Waals surface area contributed by atoms with Crippen LogP contribution in [0.15, 0.2) is 41.4 Å². The number of imidazole rings is 1. The number of nitrogens with zero attached hydrogens (tertiary/aromatic N) is 4. The van der Waals surface area contributed by atoms with E-state index >= 15 is 0 Å². The van der Waals surface area contributed by atoms with Crippen molar-refractivity contribution >= 4 is 38.5 Å². The molecule has 1 fully saturated rings. The van der Waals surface area contributed by atoms with Crippen LogP contribution < -0.4 is 10.5 Å². The van der Waals surface area contributed by atoms with E-state index in [1.54, 1.807) is 23.3 Å². The molecule has 7 nitrogen and oxygen atoms in total. The van der Waals surface area contributed by atoms with Crippen LogP contribution in [0.3, 0.4) is 0 Å². The summed E-state index contributed by atoms with van der Waals surface area (Å²) in [4.78, 5) is 21.4. The minimum absolute atomic E-state index is 0.0441. The van der Waals surface area contributed by atoms with Crippen LogP contribution in [0.1, 0.15) is 36.0 Å². The van der Waals surface area contributed by atoms with E-state index in [2.05, 4.69) is 26.6 Å². The number of fused-ring (bicyclic) bond motifs is 2. The van der Waals surface area contributed by atoms with Gasteiger partial charge in [-0.15, -0.1) is 11.3 Å². The molecule has 2 aliphatic rings.